The molecule has 0 bridgehead atoms. The lowest BCUT2D eigenvalue weighted by molar-refractivity contribution is -0.147. The molecule has 1 aliphatic heterocycles. The summed E-state index contributed by atoms with van der Waals surface area (Å²) >= 11 is 0. The van der Waals surface area contributed by atoms with Gasteiger partial charge in [-0.3, -0.25) is 4.90 Å². The minimum absolute atomic E-state index is 0.0726. The van der Waals surface area contributed by atoms with Crippen LogP contribution in [0.4, 0.5) is 9.18 Å². The van der Waals surface area contributed by atoms with Gasteiger partial charge in [-0.2, -0.15) is 0 Å². The molecule has 0 radical (unpaired) electrons. The summed E-state index contributed by atoms with van der Waals surface area (Å²) in [5.74, 6) is -1.02. The molecule has 2 aromatic rings. The number of nitrogens with zero attached hydrogens (tertiary/aromatic N) is 1. The molecular formula is C23H26FNO5. The summed E-state index contributed by atoms with van der Waals surface area (Å²) in [4.78, 5) is 26.5. The number of rotatable bonds is 4. The quantitative estimate of drug-likeness (QED) is 0.699. The second-order valence-electron chi connectivity index (χ2n) is 8.14. The third-order valence-corrected chi connectivity index (χ3v) is 4.75. The van der Waals surface area contributed by atoms with Crippen LogP contribution in [0.3, 0.4) is 0 Å². The molecule has 1 atom stereocenters. The van der Waals surface area contributed by atoms with Crippen LogP contribution in [0, 0.1) is 5.82 Å². The number of halogens is 1. The first kappa shape index (κ1) is 21.6. The molecule has 7 heteroatoms. The van der Waals surface area contributed by atoms with Gasteiger partial charge >= 0.3 is 12.1 Å². The van der Waals surface area contributed by atoms with Crippen molar-refractivity contribution in [3.63, 3.8) is 0 Å². The van der Waals surface area contributed by atoms with Crippen molar-refractivity contribution in [2.24, 2.45) is 0 Å². The number of hydrogen-bond donors (Lipinski definition) is 0. The fourth-order valence-corrected chi connectivity index (χ4v) is 3.35. The predicted molar refractivity (Wildman–Crippen MR) is 108 cm³/mol. The summed E-state index contributed by atoms with van der Waals surface area (Å²) in [6, 6.07) is 11.4. The Morgan fingerprint density at radius 1 is 1.13 bits per heavy atom. The highest BCUT2D eigenvalue weighted by molar-refractivity contribution is 5.82. The first-order chi connectivity index (χ1) is 14.2. The SMILES string of the molecule is COC(=O)C1Cc2c(ccc(F)c2OCc2ccccc2)CN1C(=O)OC(C)(C)C. The van der Waals surface area contributed by atoms with Gasteiger partial charge in [0.05, 0.1) is 13.7 Å². The maximum absolute atomic E-state index is 14.6. The van der Waals surface area contributed by atoms with Crippen LogP contribution in [0.5, 0.6) is 5.75 Å². The van der Waals surface area contributed by atoms with Gasteiger partial charge in [0.1, 0.15) is 18.2 Å². The first-order valence-corrected chi connectivity index (χ1v) is 9.74. The summed E-state index contributed by atoms with van der Waals surface area (Å²) in [7, 11) is 1.25. The molecule has 0 saturated heterocycles. The third kappa shape index (κ3) is 4.90. The number of esters is 1. The van der Waals surface area contributed by atoms with Crippen molar-refractivity contribution in [2.75, 3.05) is 7.11 Å². The van der Waals surface area contributed by atoms with Crippen LogP contribution >= 0.6 is 0 Å². The van der Waals surface area contributed by atoms with Crippen LogP contribution in [-0.4, -0.2) is 35.7 Å². The molecule has 0 spiro atoms. The van der Waals surface area contributed by atoms with Crippen LogP contribution in [-0.2, 0) is 33.8 Å². The largest absolute Gasteiger partial charge is 0.486 e. The van der Waals surface area contributed by atoms with Crippen molar-refractivity contribution in [2.45, 2.75) is 52.0 Å². The highest BCUT2D eigenvalue weighted by atomic mass is 19.1. The van der Waals surface area contributed by atoms with E-state index in [1.165, 1.54) is 18.1 Å². The Kier molecular flexibility index (Phi) is 6.29. The number of carbonyl (C=O) groups excluding carboxylic acids is 2. The molecule has 0 aliphatic carbocycles. The monoisotopic (exact) mass is 415 g/mol. The zero-order valence-electron chi connectivity index (χ0n) is 17.6. The second kappa shape index (κ2) is 8.73. The first-order valence-electron chi connectivity index (χ1n) is 9.74. The Hall–Kier alpha value is -3.09. The topological polar surface area (TPSA) is 65.1 Å². The fraction of sp³-hybridized carbons (Fsp3) is 0.391. The summed E-state index contributed by atoms with van der Waals surface area (Å²) < 4.78 is 30.8. The van der Waals surface area contributed by atoms with E-state index in [2.05, 4.69) is 0 Å². The van der Waals surface area contributed by atoms with E-state index in [0.29, 0.717) is 11.1 Å². The van der Waals surface area contributed by atoms with Crippen molar-refractivity contribution < 1.29 is 28.2 Å². The van der Waals surface area contributed by atoms with Gasteiger partial charge in [-0.1, -0.05) is 36.4 Å². The zero-order chi connectivity index (χ0) is 21.9. The number of ether oxygens (including phenoxy) is 3. The Morgan fingerprint density at radius 2 is 1.83 bits per heavy atom. The smallest absolute Gasteiger partial charge is 0.411 e. The summed E-state index contributed by atoms with van der Waals surface area (Å²) in [6.07, 6.45) is -0.553. The number of benzene rings is 2. The average Bonchev–Trinajstić information content (AvgIpc) is 2.71. The van der Waals surface area contributed by atoms with Crippen molar-refractivity contribution >= 4 is 12.1 Å². The summed E-state index contributed by atoms with van der Waals surface area (Å²) in [5.41, 5.74) is 1.43. The molecule has 0 N–H and O–H groups in total. The molecule has 0 aromatic heterocycles. The van der Waals surface area contributed by atoms with E-state index in [4.69, 9.17) is 14.2 Å². The van der Waals surface area contributed by atoms with E-state index in [-0.39, 0.29) is 25.3 Å². The molecule has 3 rings (SSSR count). The summed E-state index contributed by atoms with van der Waals surface area (Å²) in [6.45, 7) is 5.53. The third-order valence-electron chi connectivity index (χ3n) is 4.75. The number of fused-ring (bicyclic) bond motifs is 1. The maximum Gasteiger partial charge on any atom is 0.411 e. The molecule has 1 heterocycles. The molecule has 30 heavy (non-hydrogen) atoms. The molecular weight excluding hydrogens is 389 g/mol. The van der Waals surface area contributed by atoms with E-state index in [9.17, 15) is 14.0 Å². The van der Waals surface area contributed by atoms with Gasteiger partial charge in [0.2, 0.25) is 0 Å². The lowest BCUT2D eigenvalue weighted by Gasteiger charge is -2.36. The minimum Gasteiger partial charge on any atom is -0.486 e. The van der Waals surface area contributed by atoms with Gasteiger partial charge in [-0.05, 0) is 38.0 Å². The van der Waals surface area contributed by atoms with Gasteiger partial charge in [-0.15, -0.1) is 0 Å². The lowest BCUT2D eigenvalue weighted by atomic mass is 9.93. The highest BCUT2D eigenvalue weighted by Gasteiger charge is 2.39. The Bertz CT molecular complexity index is 923. The number of carbonyl (C=O) groups is 2. The second-order valence-corrected chi connectivity index (χ2v) is 8.14. The van der Waals surface area contributed by atoms with Gasteiger partial charge in [0.25, 0.3) is 0 Å². The number of amides is 1. The van der Waals surface area contributed by atoms with E-state index < -0.39 is 29.5 Å². The molecule has 0 fully saturated rings. The lowest BCUT2D eigenvalue weighted by Crippen LogP contribution is -2.50. The molecule has 1 unspecified atom stereocenters. The summed E-state index contributed by atoms with van der Waals surface area (Å²) in [5, 5.41) is 0. The molecule has 160 valence electrons. The van der Waals surface area contributed by atoms with Crippen LogP contribution < -0.4 is 4.74 Å². The highest BCUT2D eigenvalue weighted by Crippen LogP contribution is 2.34. The van der Waals surface area contributed by atoms with Crippen molar-refractivity contribution in [1.29, 1.82) is 0 Å². The number of hydrogen-bond acceptors (Lipinski definition) is 5. The Labute approximate surface area is 175 Å². The fourth-order valence-electron chi connectivity index (χ4n) is 3.35. The van der Waals surface area contributed by atoms with Gasteiger partial charge in [0, 0.05) is 12.0 Å². The zero-order valence-corrected chi connectivity index (χ0v) is 17.6. The van der Waals surface area contributed by atoms with Crippen LogP contribution in [0.25, 0.3) is 0 Å². The van der Waals surface area contributed by atoms with E-state index in [1.54, 1.807) is 26.8 Å². The maximum atomic E-state index is 14.6. The van der Waals surface area contributed by atoms with Crippen LogP contribution in [0.15, 0.2) is 42.5 Å². The van der Waals surface area contributed by atoms with Crippen molar-refractivity contribution in [3.8, 4) is 5.75 Å². The standard InChI is InChI=1S/C23H26FNO5/c1-23(2,3)30-22(27)25-13-16-10-11-18(24)20(17(16)12-19(25)21(26)28-4)29-14-15-8-6-5-7-9-15/h5-11,19H,12-14H2,1-4H3. The van der Waals surface area contributed by atoms with Crippen molar-refractivity contribution in [1.82, 2.24) is 4.90 Å². The van der Waals surface area contributed by atoms with Crippen LogP contribution in [0.1, 0.15) is 37.5 Å². The van der Waals surface area contributed by atoms with Crippen LogP contribution in [0.2, 0.25) is 0 Å². The Balaban J connectivity index is 1.91. The average molecular weight is 415 g/mol. The van der Waals surface area contributed by atoms with E-state index in [0.717, 1.165) is 5.56 Å². The van der Waals surface area contributed by atoms with Gasteiger partial charge in [0.15, 0.2) is 11.6 Å². The molecule has 1 aliphatic rings. The molecule has 2 aromatic carbocycles. The minimum atomic E-state index is -0.932. The van der Waals surface area contributed by atoms with Gasteiger partial charge < -0.3 is 14.2 Å². The van der Waals surface area contributed by atoms with E-state index >= 15 is 0 Å². The Morgan fingerprint density at radius 3 is 2.47 bits per heavy atom. The van der Waals surface area contributed by atoms with Crippen molar-refractivity contribution in [3.05, 3.63) is 65.0 Å². The van der Waals surface area contributed by atoms with E-state index in [1.807, 2.05) is 30.3 Å². The predicted octanol–water partition coefficient (Wildman–Crippen LogP) is 4.24. The van der Waals surface area contributed by atoms with Gasteiger partial charge in [-0.25, -0.2) is 14.0 Å². The number of methoxy groups -OCH3 is 1. The molecule has 1 amide bonds. The normalized spacial score (nSPS) is 15.9. The molecule has 0 saturated carbocycles. The molecule has 6 nitrogen and oxygen atoms in total.